The second-order valence-corrected chi connectivity index (χ2v) is 6.39. The molecule has 0 atom stereocenters. The van der Waals surface area contributed by atoms with Gasteiger partial charge in [-0.3, -0.25) is 0 Å². The van der Waals surface area contributed by atoms with E-state index in [2.05, 4.69) is 23.9 Å². The van der Waals surface area contributed by atoms with Crippen molar-refractivity contribution < 1.29 is 27.4 Å². The van der Waals surface area contributed by atoms with Crippen molar-refractivity contribution >= 4 is 5.97 Å². The molecular formula is C18H22F3N3O3. The van der Waals surface area contributed by atoms with E-state index in [0.717, 1.165) is 18.7 Å². The zero-order valence-corrected chi connectivity index (χ0v) is 15.4. The average Bonchev–Trinajstić information content (AvgIpc) is 2.98. The highest BCUT2D eigenvalue weighted by molar-refractivity contribution is 5.90. The van der Waals surface area contributed by atoms with E-state index in [-0.39, 0.29) is 18.0 Å². The summed E-state index contributed by atoms with van der Waals surface area (Å²) in [4.78, 5) is 15.9. The number of hydrogen-bond acceptors (Lipinski definition) is 5. The van der Waals surface area contributed by atoms with E-state index in [4.69, 9.17) is 9.47 Å². The van der Waals surface area contributed by atoms with Gasteiger partial charge in [-0.1, -0.05) is 13.8 Å². The molecule has 0 spiro atoms. The van der Waals surface area contributed by atoms with E-state index in [1.165, 1.54) is 16.9 Å². The molecule has 2 aromatic heterocycles. The van der Waals surface area contributed by atoms with Crippen LogP contribution in [0.2, 0.25) is 0 Å². The van der Waals surface area contributed by atoms with Crippen molar-refractivity contribution in [2.75, 3.05) is 19.8 Å². The molecule has 2 rings (SSSR count). The molecule has 0 bridgehead atoms. The van der Waals surface area contributed by atoms with Crippen molar-refractivity contribution in [1.29, 1.82) is 0 Å². The van der Waals surface area contributed by atoms with Crippen LogP contribution in [0, 0.1) is 12.8 Å². The minimum atomic E-state index is -4.46. The summed E-state index contributed by atoms with van der Waals surface area (Å²) in [5, 5.41) is 4.02. The van der Waals surface area contributed by atoms with Gasteiger partial charge < -0.3 is 9.47 Å². The normalized spacial score (nSPS) is 11.8. The fraction of sp³-hybridized carbons (Fsp3) is 0.500. The van der Waals surface area contributed by atoms with Crippen molar-refractivity contribution in [3.05, 3.63) is 41.3 Å². The second kappa shape index (κ2) is 8.98. The van der Waals surface area contributed by atoms with Crippen LogP contribution in [-0.4, -0.2) is 40.6 Å². The van der Waals surface area contributed by atoms with Crippen molar-refractivity contribution in [1.82, 2.24) is 14.8 Å². The number of rotatable bonds is 8. The lowest BCUT2D eigenvalue weighted by molar-refractivity contribution is -0.137. The first-order chi connectivity index (χ1) is 12.7. The number of aromatic nitrogens is 3. The highest BCUT2D eigenvalue weighted by Gasteiger charge is 2.30. The van der Waals surface area contributed by atoms with E-state index in [1.807, 2.05) is 0 Å². The van der Waals surface area contributed by atoms with E-state index in [1.54, 1.807) is 6.92 Å². The third-order valence-electron chi connectivity index (χ3n) is 3.82. The molecular weight excluding hydrogens is 363 g/mol. The molecule has 2 aromatic rings. The van der Waals surface area contributed by atoms with E-state index >= 15 is 0 Å². The van der Waals surface area contributed by atoms with E-state index in [9.17, 15) is 18.0 Å². The van der Waals surface area contributed by atoms with Gasteiger partial charge >= 0.3 is 12.1 Å². The number of carbonyl (C=O) groups excluding carboxylic acids is 1. The molecule has 0 fully saturated rings. The number of ether oxygens (including phenoxy) is 2. The Morgan fingerprint density at radius 3 is 2.52 bits per heavy atom. The Bertz CT molecular complexity index is 755. The summed E-state index contributed by atoms with van der Waals surface area (Å²) in [5.41, 5.74) is -0.208. The summed E-state index contributed by atoms with van der Waals surface area (Å²) in [6.45, 7) is 6.81. The van der Waals surface area contributed by atoms with Crippen LogP contribution in [0.4, 0.5) is 13.2 Å². The van der Waals surface area contributed by atoms with E-state index in [0.29, 0.717) is 24.8 Å². The first-order valence-electron chi connectivity index (χ1n) is 8.53. The summed E-state index contributed by atoms with van der Waals surface area (Å²) in [5.74, 6) is 0.148. The lowest BCUT2D eigenvalue weighted by atomic mass is 10.1. The molecule has 6 nitrogen and oxygen atoms in total. The minimum Gasteiger partial charge on any atom is -0.460 e. The second-order valence-electron chi connectivity index (χ2n) is 6.39. The standard InChI is InChI=1S/C18H22F3N3O3/c1-12(2)6-7-26-8-9-27-17(25)15-11-23-24(13(15)3)16-5-4-14(10-22-16)18(19,20)21/h4-5,10-12H,6-9H2,1-3H3. The summed E-state index contributed by atoms with van der Waals surface area (Å²) in [6.07, 6.45) is -1.50. The van der Waals surface area contributed by atoms with Crippen molar-refractivity contribution in [2.24, 2.45) is 5.92 Å². The first kappa shape index (κ1) is 20.9. The first-order valence-corrected chi connectivity index (χ1v) is 8.53. The molecule has 0 aliphatic rings. The Kier molecular flexibility index (Phi) is 6.95. The molecule has 0 saturated carbocycles. The van der Waals surface area contributed by atoms with Crippen molar-refractivity contribution in [3.63, 3.8) is 0 Å². The highest BCUT2D eigenvalue weighted by atomic mass is 19.4. The smallest absolute Gasteiger partial charge is 0.417 e. The third-order valence-corrected chi connectivity index (χ3v) is 3.82. The summed E-state index contributed by atoms with van der Waals surface area (Å²) >= 11 is 0. The van der Waals surface area contributed by atoms with Crippen LogP contribution in [0.1, 0.15) is 41.9 Å². The molecule has 0 aliphatic carbocycles. The summed E-state index contributed by atoms with van der Waals surface area (Å²) in [6, 6.07) is 2.11. The molecule has 27 heavy (non-hydrogen) atoms. The number of pyridine rings is 1. The number of carbonyl (C=O) groups is 1. The fourth-order valence-electron chi connectivity index (χ4n) is 2.21. The molecule has 0 saturated heterocycles. The minimum absolute atomic E-state index is 0.111. The monoisotopic (exact) mass is 385 g/mol. The third kappa shape index (κ3) is 5.78. The lowest BCUT2D eigenvalue weighted by Gasteiger charge is -2.09. The van der Waals surface area contributed by atoms with Crippen LogP contribution in [0.25, 0.3) is 5.82 Å². The van der Waals surface area contributed by atoms with Gasteiger partial charge in [-0.15, -0.1) is 0 Å². The van der Waals surface area contributed by atoms with Gasteiger partial charge in [0.15, 0.2) is 5.82 Å². The maximum absolute atomic E-state index is 12.6. The van der Waals surface area contributed by atoms with Crippen molar-refractivity contribution in [3.8, 4) is 5.82 Å². The van der Waals surface area contributed by atoms with Crippen LogP contribution in [0.3, 0.4) is 0 Å². The number of hydrogen-bond donors (Lipinski definition) is 0. The summed E-state index contributed by atoms with van der Waals surface area (Å²) in [7, 11) is 0. The topological polar surface area (TPSA) is 66.2 Å². The van der Waals surface area contributed by atoms with Gasteiger partial charge in [0.05, 0.1) is 24.1 Å². The maximum atomic E-state index is 12.6. The van der Waals surface area contributed by atoms with Gasteiger partial charge in [0.25, 0.3) is 0 Å². The van der Waals surface area contributed by atoms with Crippen LogP contribution in [-0.2, 0) is 15.7 Å². The largest absolute Gasteiger partial charge is 0.460 e. The number of alkyl halides is 3. The molecule has 0 N–H and O–H groups in total. The zero-order chi connectivity index (χ0) is 20.0. The Morgan fingerprint density at radius 2 is 1.93 bits per heavy atom. The maximum Gasteiger partial charge on any atom is 0.417 e. The molecule has 9 heteroatoms. The lowest BCUT2D eigenvalue weighted by Crippen LogP contribution is -2.13. The molecule has 0 radical (unpaired) electrons. The predicted molar refractivity (Wildman–Crippen MR) is 91.7 cm³/mol. The van der Waals surface area contributed by atoms with Gasteiger partial charge in [0, 0.05) is 12.8 Å². The van der Waals surface area contributed by atoms with E-state index < -0.39 is 17.7 Å². The highest BCUT2D eigenvalue weighted by Crippen LogP contribution is 2.28. The van der Waals surface area contributed by atoms with Crippen LogP contribution >= 0.6 is 0 Å². The van der Waals surface area contributed by atoms with Crippen molar-refractivity contribution in [2.45, 2.75) is 33.4 Å². The van der Waals surface area contributed by atoms with Crippen LogP contribution in [0.5, 0.6) is 0 Å². The van der Waals surface area contributed by atoms with Gasteiger partial charge in [0.2, 0.25) is 0 Å². The Labute approximate surface area is 155 Å². The molecule has 2 heterocycles. The predicted octanol–water partition coefficient (Wildman–Crippen LogP) is 3.81. The SMILES string of the molecule is Cc1c(C(=O)OCCOCCC(C)C)cnn1-c1ccc(C(F)(F)F)cn1. The number of esters is 1. The van der Waals surface area contributed by atoms with Crippen LogP contribution in [0.15, 0.2) is 24.5 Å². The molecule has 0 aromatic carbocycles. The number of nitrogens with zero attached hydrogens (tertiary/aromatic N) is 3. The Morgan fingerprint density at radius 1 is 1.19 bits per heavy atom. The summed E-state index contributed by atoms with van der Waals surface area (Å²) < 4.78 is 49.6. The molecule has 148 valence electrons. The van der Waals surface area contributed by atoms with Crippen LogP contribution < -0.4 is 0 Å². The van der Waals surface area contributed by atoms with Gasteiger partial charge in [-0.25, -0.2) is 14.5 Å². The van der Waals surface area contributed by atoms with Gasteiger partial charge in [-0.05, 0) is 31.4 Å². The fourth-order valence-corrected chi connectivity index (χ4v) is 2.21. The molecule has 0 unspecified atom stereocenters. The Balaban J connectivity index is 1.95. The van der Waals surface area contributed by atoms with Gasteiger partial charge in [-0.2, -0.15) is 18.3 Å². The molecule has 0 aliphatic heterocycles. The quantitative estimate of drug-likeness (QED) is 0.511. The van der Waals surface area contributed by atoms with Gasteiger partial charge in [0.1, 0.15) is 12.2 Å². The Hall–Kier alpha value is -2.42. The zero-order valence-electron chi connectivity index (χ0n) is 15.4. The molecule has 0 amide bonds. The number of halogens is 3. The average molecular weight is 385 g/mol.